The Morgan fingerprint density at radius 3 is 2.85 bits per heavy atom. The van der Waals surface area contributed by atoms with E-state index < -0.39 is 11.0 Å². The smallest absolute Gasteiger partial charge is 0.279 e. The summed E-state index contributed by atoms with van der Waals surface area (Å²) in [5.74, 6) is 0.341. The second-order valence-electron chi connectivity index (χ2n) is 4.32. The second kappa shape index (κ2) is 5.64. The van der Waals surface area contributed by atoms with Gasteiger partial charge in [0.05, 0.1) is 10.3 Å². The largest absolute Gasteiger partial charge is 0.481 e. The predicted molar refractivity (Wildman–Crippen MR) is 73.8 cm³/mol. The summed E-state index contributed by atoms with van der Waals surface area (Å²) in [6, 6.07) is 6.08. The summed E-state index contributed by atoms with van der Waals surface area (Å²) in [6.45, 7) is 3.41. The minimum Gasteiger partial charge on any atom is -0.481 e. The van der Waals surface area contributed by atoms with Crippen molar-refractivity contribution in [3.05, 3.63) is 40.6 Å². The third-order valence-electron chi connectivity index (χ3n) is 3.01. The predicted octanol–water partition coefficient (Wildman–Crippen LogP) is 2.89. The molecule has 0 radical (unpaired) electrons. The molecule has 0 N–H and O–H groups in total. The van der Waals surface area contributed by atoms with Crippen molar-refractivity contribution in [1.29, 1.82) is 0 Å². The third-order valence-corrected chi connectivity index (χ3v) is 3.01. The normalized spacial score (nSPS) is 12.1. The Morgan fingerprint density at radius 2 is 2.20 bits per heavy atom. The van der Waals surface area contributed by atoms with Crippen LogP contribution in [0.15, 0.2) is 30.5 Å². The van der Waals surface area contributed by atoms with Crippen LogP contribution < -0.4 is 4.74 Å². The van der Waals surface area contributed by atoms with Gasteiger partial charge in [-0.25, -0.2) is 0 Å². The third kappa shape index (κ3) is 2.59. The molecule has 2 rings (SSSR count). The van der Waals surface area contributed by atoms with Crippen LogP contribution in [0, 0.1) is 10.1 Å². The molecule has 6 nitrogen and oxygen atoms in total. The molecule has 1 atom stereocenters. The van der Waals surface area contributed by atoms with Gasteiger partial charge in [0.15, 0.2) is 11.9 Å². The molecular formula is C14H14N2O4. The molecule has 1 aromatic carbocycles. The SMILES string of the molecule is CCC(=O)C(C)Oc1ccc([N+](=O)[O-])c2cccnc12. The number of non-ortho nitro benzene ring substituents is 1. The number of carbonyl (C=O) groups is 1. The van der Waals surface area contributed by atoms with E-state index in [1.165, 1.54) is 18.3 Å². The van der Waals surface area contributed by atoms with Gasteiger partial charge in [-0.15, -0.1) is 0 Å². The number of ether oxygens (including phenoxy) is 1. The Bertz CT molecular complexity index is 669. The number of pyridine rings is 1. The molecule has 104 valence electrons. The molecule has 20 heavy (non-hydrogen) atoms. The van der Waals surface area contributed by atoms with E-state index in [2.05, 4.69) is 4.98 Å². The van der Waals surface area contributed by atoms with Gasteiger partial charge in [-0.05, 0) is 25.1 Å². The topological polar surface area (TPSA) is 82.3 Å². The highest BCUT2D eigenvalue weighted by atomic mass is 16.6. The van der Waals surface area contributed by atoms with Crippen LogP contribution in [0.25, 0.3) is 10.9 Å². The van der Waals surface area contributed by atoms with Gasteiger partial charge in [-0.2, -0.15) is 0 Å². The Kier molecular flexibility index (Phi) is 3.93. The number of carbonyl (C=O) groups excluding carboxylic acids is 1. The Balaban J connectivity index is 2.48. The van der Waals surface area contributed by atoms with Crippen LogP contribution in [0.5, 0.6) is 5.75 Å². The summed E-state index contributed by atoms with van der Waals surface area (Å²) < 4.78 is 5.58. The molecule has 0 spiro atoms. The average molecular weight is 274 g/mol. The first-order valence-corrected chi connectivity index (χ1v) is 6.26. The van der Waals surface area contributed by atoms with Crippen LogP contribution in [0.3, 0.4) is 0 Å². The molecule has 0 saturated heterocycles. The number of nitro benzene ring substituents is 1. The van der Waals surface area contributed by atoms with Crippen molar-refractivity contribution in [3.63, 3.8) is 0 Å². The zero-order chi connectivity index (χ0) is 14.7. The first-order valence-electron chi connectivity index (χ1n) is 6.26. The molecule has 1 unspecified atom stereocenters. The van der Waals surface area contributed by atoms with Gasteiger partial charge in [0.25, 0.3) is 5.69 Å². The van der Waals surface area contributed by atoms with E-state index >= 15 is 0 Å². The summed E-state index contributed by atoms with van der Waals surface area (Å²) in [6.07, 6.45) is 1.30. The van der Waals surface area contributed by atoms with Gasteiger partial charge in [-0.3, -0.25) is 19.9 Å². The quantitative estimate of drug-likeness (QED) is 0.618. The summed E-state index contributed by atoms with van der Waals surface area (Å²) in [7, 11) is 0. The van der Waals surface area contributed by atoms with Crippen molar-refractivity contribution in [1.82, 2.24) is 4.98 Å². The number of nitrogens with zero attached hydrogens (tertiary/aromatic N) is 2. The lowest BCUT2D eigenvalue weighted by Gasteiger charge is -2.14. The van der Waals surface area contributed by atoms with Crippen LogP contribution in [-0.2, 0) is 4.79 Å². The molecule has 1 heterocycles. The Labute approximate surface area is 115 Å². The second-order valence-corrected chi connectivity index (χ2v) is 4.32. The van der Waals surface area contributed by atoms with Gasteiger partial charge in [0.1, 0.15) is 11.3 Å². The standard InChI is InChI=1S/C14H14N2O4/c1-3-12(17)9(2)20-13-7-6-11(16(18)19)10-5-4-8-15-14(10)13/h4-9H,3H2,1-2H3. The van der Waals surface area contributed by atoms with Gasteiger partial charge in [0.2, 0.25) is 0 Å². The van der Waals surface area contributed by atoms with E-state index in [0.29, 0.717) is 23.1 Å². The van der Waals surface area contributed by atoms with Crippen molar-refractivity contribution in [2.24, 2.45) is 0 Å². The minimum absolute atomic E-state index is 0.0325. The molecule has 0 fully saturated rings. The summed E-state index contributed by atoms with van der Waals surface area (Å²) in [4.78, 5) is 26.2. The molecule has 0 aliphatic carbocycles. The zero-order valence-corrected chi connectivity index (χ0v) is 11.2. The van der Waals surface area contributed by atoms with Crippen molar-refractivity contribution in [2.75, 3.05) is 0 Å². The van der Waals surface area contributed by atoms with Crippen molar-refractivity contribution in [2.45, 2.75) is 26.4 Å². The molecule has 0 aliphatic heterocycles. The zero-order valence-electron chi connectivity index (χ0n) is 11.2. The maximum Gasteiger partial charge on any atom is 0.279 e. The number of hydrogen-bond acceptors (Lipinski definition) is 5. The van der Waals surface area contributed by atoms with E-state index in [0.717, 1.165) is 0 Å². The molecule has 6 heteroatoms. The van der Waals surface area contributed by atoms with E-state index in [-0.39, 0.29) is 11.5 Å². The number of ketones is 1. The van der Waals surface area contributed by atoms with Gasteiger partial charge in [0, 0.05) is 18.7 Å². The highest BCUT2D eigenvalue weighted by molar-refractivity contribution is 5.92. The highest BCUT2D eigenvalue weighted by Gasteiger charge is 2.19. The number of nitro groups is 1. The minimum atomic E-state index is -0.605. The highest BCUT2D eigenvalue weighted by Crippen LogP contribution is 2.31. The van der Waals surface area contributed by atoms with E-state index in [9.17, 15) is 14.9 Å². The number of aromatic nitrogens is 1. The summed E-state index contributed by atoms with van der Waals surface area (Å²) in [5.41, 5.74) is 0.354. The fraction of sp³-hybridized carbons (Fsp3) is 0.286. The first kappa shape index (κ1) is 13.9. The lowest BCUT2D eigenvalue weighted by Crippen LogP contribution is -2.23. The average Bonchev–Trinajstić information content (AvgIpc) is 2.46. The van der Waals surface area contributed by atoms with Crippen LogP contribution >= 0.6 is 0 Å². The monoisotopic (exact) mass is 274 g/mol. The van der Waals surface area contributed by atoms with Gasteiger partial charge >= 0.3 is 0 Å². The lowest BCUT2D eigenvalue weighted by molar-refractivity contribution is -0.383. The number of fused-ring (bicyclic) bond motifs is 1. The van der Waals surface area contributed by atoms with E-state index in [4.69, 9.17) is 4.74 Å². The van der Waals surface area contributed by atoms with Crippen LogP contribution in [-0.4, -0.2) is 21.8 Å². The lowest BCUT2D eigenvalue weighted by atomic mass is 10.1. The first-order chi connectivity index (χ1) is 9.54. The molecule has 2 aromatic rings. The molecule has 0 saturated carbocycles. The van der Waals surface area contributed by atoms with Crippen molar-refractivity contribution >= 4 is 22.4 Å². The molecule has 0 amide bonds. The number of rotatable bonds is 5. The number of benzene rings is 1. The van der Waals surface area contributed by atoms with Crippen LogP contribution in [0.2, 0.25) is 0 Å². The maximum atomic E-state index is 11.6. The molecule has 0 bridgehead atoms. The van der Waals surface area contributed by atoms with Gasteiger partial charge < -0.3 is 4.74 Å². The molecular weight excluding hydrogens is 260 g/mol. The Hall–Kier alpha value is -2.50. The maximum absolute atomic E-state index is 11.6. The van der Waals surface area contributed by atoms with Crippen LogP contribution in [0.1, 0.15) is 20.3 Å². The van der Waals surface area contributed by atoms with E-state index in [1.807, 2.05) is 0 Å². The summed E-state index contributed by atoms with van der Waals surface area (Å²) in [5, 5.41) is 11.4. The Morgan fingerprint density at radius 1 is 1.45 bits per heavy atom. The molecule has 1 aromatic heterocycles. The van der Waals surface area contributed by atoms with E-state index in [1.54, 1.807) is 26.0 Å². The van der Waals surface area contributed by atoms with Crippen molar-refractivity contribution < 1.29 is 14.5 Å². The fourth-order valence-corrected chi connectivity index (χ4v) is 1.93. The van der Waals surface area contributed by atoms with Gasteiger partial charge in [-0.1, -0.05) is 6.92 Å². The van der Waals surface area contributed by atoms with Crippen molar-refractivity contribution in [3.8, 4) is 5.75 Å². The number of hydrogen-bond donors (Lipinski definition) is 0. The molecule has 0 aliphatic rings. The fourth-order valence-electron chi connectivity index (χ4n) is 1.93. The summed E-state index contributed by atoms with van der Waals surface area (Å²) >= 11 is 0. The number of Topliss-reactive ketones (excluding diaryl/α,β-unsaturated/α-hetero) is 1. The van der Waals surface area contributed by atoms with Crippen LogP contribution in [0.4, 0.5) is 5.69 Å².